The van der Waals surface area contributed by atoms with Crippen LogP contribution in [0.15, 0.2) is 34.9 Å². The number of anilines is 1. The van der Waals surface area contributed by atoms with Gasteiger partial charge in [-0.3, -0.25) is 4.79 Å². The smallest absolute Gasteiger partial charge is 0.291 e. The average molecular weight is 255 g/mol. The molecule has 3 heteroatoms. The molecule has 0 fully saturated rings. The van der Waals surface area contributed by atoms with Gasteiger partial charge in [-0.2, -0.15) is 0 Å². The van der Waals surface area contributed by atoms with E-state index in [0.717, 1.165) is 24.1 Å². The standard InChI is InChI=1S/C16H17NO2/c1-11-9-10-19-15(11)16(18)17-14-8-4-6-12-5-2-3-7-13(12)14/h4,6,8-10H,2-3,5,7H2,1H3,(H,17,18). The molecule has 98 valence electrons. The van der Waals surface area contributed by atoms with E-state index in [4.69, 9.17) is 4.42 Å². The molecule has 0 radical (unpaired) electrons. The van der Waals surface area contributed by atoms with Crippen LogP contribution in [-0.4, -0.2) is 5.91 Å². The van der Waals surface area contributed by atoms with E-state index in [9.17, 15) is 4.79 Å². The summed E-state index contributed by atoms with van der Waals surface area (Å²) in [4.78, 5) is 12.2. The number of carbonyl (C=O) groups is 1. The van der Waals surface area contributed by atoms with Crippen LogP contribution in [0.1, 0.15) is 40.1 Å². The van der Waals surface area contributed by atoms with Crippen molar-refractivity contribution in [3.8, 4) is 0 Å². The zero-order chi connectivity index (χ0) is 13.2. The number of fused-ring (bicyclic) bond motifs is 1. The molecular formula is C16H17NO2. The first-order valence-electron chi connectivity index (χ1n) is 6.72. The van der Waals surface area contributed by atoms with Crippen LogP contribution in [0.2, 0.25) is 0 Å². The number of furan rings is 1. The maximum absolute atomic E-state index is 12.2. The predicted octanol–water partition coefficient (Wildman–Crippen LogP) is 3.72. The number of hydrogen-bond acceptors (Lipinski definition) is 2. The van der Waals surface area contributed by atoms with E-state index >= 15 is 0 Å². The number of benzene rings is 1. The van der Waals surface area contributed by atoms with Gasteiger partial charge in [0, 0.05) is 11.3 Å². The fourth-order valence-corrected chi connectivity index (χ4v) is 2.68. The molecule has 3 rings (SSSR count). The number of aryl methyl sites for hydroxylation is 2. The Balaban J connectivity index is 1.88. The summed E-state index contributed by atoms with van der Waals surface area (Å²) in [6, 6.07) is 7.94. The van der Waals surface area contributed by atoms with Crippen molar-refractivity contribution in [2.75, 3.05) is 5.32 Å². The Morgan fingerprint density at radius 3 is 2.84 bits per heavy atom. The van der Waals surface area contributed by atoms with Crippen molar-refractivity contribution < 1.29 is 9.21 Å². The van der Waals surface area contributed by atoms with Crippen LogP contribution < -0.4 is 5.32 Å². The molecule has 0 bridgehead atoms. The fourth-order valence-electron chi connectivity index (χ4n) is 2.68. The first kappa shape index (κ1) is 12.0. The van der Waals surface area contributed by atoms with Gasteiger partial charge in [-0.25, -0.2) is 0 Å². The summed E-state index contributed by atoms with van der Waals surface area (Å²) >= 11 is 0. The van der Waals surface area contributed by atoms with Crippen molar-refractivity contribution >= 4 is 11.6 Å². The molecule has 0 atom stereocenters. The van der Waals surface area contributed by atoms with E-state index < -0.39 is 0 Å². The maximum Gasteiger partial charge on any atom is 0.291 e. The maximum atomic E-state index is 12.2. The number of hydrogen-bond donors (Lipinski definition) is 1. The van der Waals surface area contributed by atoms with E-state index in [1.807, 2.05) is 19.1 Å². The van der Waals surface area contributed by atoms with Crippen molar-refractivity contribution in [1.29, 1.82) is 0 Å². The third-order valence-electron chi connectivity index (χ3n) is 3.71. The zero-order valence-corrected chi connectivity index (χ0v) is 11.0. The molecule has 1 aliphatic rings. The lowest BCUT2D eigenvalue weighted by atomic mass is 9.90. The first-order valence-corrected chi connectivity index (χ1v) is 6.72. The Hall–Kier alpha value is -2.03. The van der Waals surface area contributed by atoms with Crippen molar-refractivity contribution in [3.63, 3.8) is 0 Å². The molecular weight excluding hydrogens is 238 g/mol. The Kier molecular flexibility index (Phi) is 3.11. The molecule has 3 nitrogen and oxygen atoms in total. The highest BCUT2D eigenvalue weighted by molar-refractivity contribution is 6.03. The van der Waals surface area contributed by atoms with Gasteiger partial charge >= 0.3 is 0 Å². The fraction of sp³-hybridized carbons (Fsp3) is 0.312. The second-order valence-electron chi connectivity index (χ2n) is 5.04. The number of carbonyl (C=O) groups excluding carboxylic acids is 1. The van der Waals surface area contributed by atoms with Gasteiger partial charge in [0.25, 0.3) is 5.91 Å². The Bertz CT molecular complexity index is 613. The summed E-state index contributed by atoms with van der Waals surface area (Å²) in [6.45, 7) is 1.87. The third kappa shape index (κ3) is 2.28. The van der Waals surface area contributed by atoms with Crippen LogP contribution in [0.5, 0.6) is 0 Å². The molecule has 0 saturated heterocycles. The zero-order valence-electron chi connectivity index (χ0n) is 11.0. The summed E-state index contributed by atoms with van der Waals surface area (Å²) in [5.74, 6) is 0.231. The Morgan fingerprint density at radius 1 is 1.21 bits per heavy atom. The SMILES string of the molecule is Cc1ccoc1C(=O)Nc1cccc2c1CCCC2. The molecule has 0 saturated carbocycles. The topological polar surface area (TPSA) is 42.2 Å². The highest BCUT2D eigenvalue weighted by Crippen LogP contribution is 2.28. The molecule has 0 aliphatic heterocycles. The molecule has 1 aromatic carbocycles. The molecule has 1 heterocycles. The second-order valence-corrected chi connectivity index (χ2v) is 5.04. The largest absolute Gasteiger partial charge is 0.459 e. The predicted molar refractivity (Wildman–Crippen MR) is 74.5 cm³/mol. The Labute approximate surface area is 112 Å². The highest BCUT2D eigenvalue weighted by atomic mass is 16.3. The van der Waals surface area contributed by atoms with Crippen molar-refractivity contribution in [2.24, 2.45) is 0 Å². The third-order valence-corrected chi connectivity index (χ3v) is 3.71. The lowest BCUT2D eigenvalue weighted by Gasteiger charge is -2.19. The van der Waals surface area contributed by atoms with Gasteiger partial charge in [-0.1, -0.05) is 12.1 Å². The van der Waals surface area contributed by atoms with Gasteiger partial charge in [0.1, 0.15) is 0 Å². The van der Waals surface area contributed by atoms with Crippen LogP contribution in [0, 0.1) is 6.92 Å². The summed E-state index contributed by atoms with van der Waals surface area (Å²) in [5.41, 5.74) is 4.44. The van der Waals surface area contributed by atoms with E-state index in [1.54, 1.807) is 12.3 Å². The van der Waals surface area contributed by atoms with Gasteiger partial charge in [-0.05, 0) is 55.9 Å². The number of rotatable bonds is 2. The van der Waals surface area contributed by atoms with Crippen LogP contribution in [0.25, 0.3) is 0 Å². The van der Waals surface area contributed by atoms with Crippen molar-refractivity contribution in [2.45, 2.75) is 32.6 Å². The van der Waals surface area contributed by atoms with E-state index in [1.165, 1.54) is 24.0 Å². The minimum Gasteiger partial charge on any atom is -0.459 e. The lowest BCUT2D eigenvalue weighted by molar-refractivity contribution is 0.0995. The van der Waals surface area contributed by atoms with Gasteiger partial charge in [-0.15, -0.1) is 0 Å². The molecule has 19 heavy (non-hydrogen) atoms. The minimum atomic E-state index is -0.165. The van der Waals surface area contributed by atoms with Crippen LogP contribution >= 0.6 is 0 Å². The summed E-state index contributed by atoms with van der Waals surface area (Å²) in [7, 11) is 0. The highest BCUT2D eigenvalue weighted by Gasteiger charge is 2.17. The van der Waals surface area contributed by atoms with Crippen LogP contribution in [0.4, 0.5) is 5.69 Å². The molecule has 0 spiro atoms. The quantitative estimate of drug-likeness (QED) is 0.888. The van der Waals surface area contributed by atoms with E-state index in [2.05, 4.69) is 11.4 Å². The summed E-state index contributed by atoms with van der Waals surface area (Å²) in [6.07, 6.45) is 6.13. The molecule has 1 aromatic heterocycles. The second kappa shape index (κ2) is 4.92. The molecule has 1 amide bonds. The first-order chi connectivity index (χ1) is 9.25. The minimum absolute atomic E-state index is 0.165. The number of amides is 1. The normalized spacial score (nSPS) is 13.9. The molecule has 2 aromatic rings. The monoisotopic (exact) mass is 255 g/mol. The van der Waals surface area contributed by atoms with Gasteiger partial charge in [0.2, 0.25) is 0 Å². The van der Waals surface area contributed by atoms with Gasteiger partial charge in [0.05, 0.1) is 6.26 Å². The molecule has 1 N–H and O–H groups in total. The molecule has 0 unspecified atom stereocenters. The van der Waals surface area contributed by atoms with Crippen LogP contribution in [0.3, 0.4) is 0 Å². The molecule has 1 aliphatic carbocycles. The van der Waals surface area contributed by atoms with Crippen molar-refractivity contribution in [1.82, 2.24) is 0 Å². The van der Waals surface area contributed by atoms with E-state index in [-0.39, 0.29) is 5.91 Å². The summed E-state index contributed by atoms with van der Waals surface area (Å²) in [5, 5.41) is 2.98. The number of nitrogens with one attached hydrogen (secondary N) is 1. The average Bonchev–Trinajstić information content (AvgIpc) is 2.85. The van der Waals surface area contributed by atoms with Crippen LogP contribution in [-0.2, 0) is 12.8 Å². The van der Waals surface area contributed by atoms with Crippen molar-refractivity contribution in [3.05, 3.63) is 53.0 Å². The summed E-state index contributed by atoms with van der Waals surface area (Å²) < 4.78 is 5.23. The van der Waals surface area contributed by atoms with E-state index in [0.29, 0.717) is 5.76 Å². The van der Waals surface area contributed by atoms with Gasteiger partial charge in [0.15, 0.2) is 5.76 Å². The Morgan fingerprint density at radius 2 is 2.05 bits per heavy atom. The van der Waals surface area contributed by atoms with Gasteiger partial charge < -0.3 is 9.73 Å². The lowest BCUT2D eigenvalue weighted by Crippen LogP contribution is -2.15.